The molecular formula is C19H22N2O3S2. The molecule has 1 amide bonds. The second-order valence-electron chi connectivity index (χ2n) is 6.29. The number of hydrogen-bond donors (Lipinski definition) is 1. The van der Waals surface area contributed by atoms with Crippen LogP contribution >= 0.6 is 11.8 Å². The minimum absolute atomic E-state index is 0.0909. The summed E-state index contributed by atoms with van der Waals surface area (Å²) in [6, 6.07) is 17.8. The molecule has 2 aromatic rings. The highest BCUT2D eigenvalue weighted by molar-refractivity contribution is 8.00. The fraction of sp³-hybridized carbons (Fsp3) is 0.316. The molecule has 0 aliphatic carbocycles. The summed E-state index contributed by atoms with van der Waals surface area (Å²) in [5.74, 6) is 0.448. The van der Waals surface area contributed by atoms with Crippen molar-refractivity contribution < 1.29 is 13.2 Å². The normalized spacial score (nSPS) is 19.2. The van der Waals surface area contributed by atoms with Crippen LogP contribution in [-0.4, -0.2) is 36.3 Å². The van der Waals surface area contributed by atoms with E-state index in [4.69, 9.17) is 0 Å². The minimum Gasteiger partial charge on any atom is -0.348 e. The average molecular weight is 391 g/mol. The Balaban J connectivity index is 1.70. The third-order valence-electron chi connectivity index (χ3n) is 4.35. The summed E-state index contributed by atoms with van der Waals surface area (Å²) in [6.07, 6.45) is 0. The smallest absolute Gasteiger partial charge is 0.239 e. The maximum Gasteiger partial charge on any atom is 0.239 e. The highest BCUT2D eigenvalue weighted by Gasteiger charge is 2.39. The molecule has 1 fully saturated rings. The molecular weight excluding hydrogens is 368 g/mol. The zero-order valence-electron chi connectivity index (χ0n) is 14.5. The summed E-state index contributed by atoms with van der Waals surface area (Å²) in [6.45, 7) is 1.90. The van der Waals surface area contributed by atoms with Gasteiger partial charge in [-0.1, -0.05) is 60.7 Å². The molecule has 5 nitrogen and oxygen atoms in total. The lowest BCUT2D eigenvalue weighted by molar-refractivity contribution is -0.124. The van der Waals surface area contributed by atoms with Crippen LogP contribution < -0.4 is 5.32 Å². The molecule has 0 aromatic heterocycles. The molecule has 1 aliphatic rings. The van der Waals surface area contributed by atoms with E-state index in [1.807, 2.05) is 55.5 Å². The van der Waals surface area contributed by atoms with E-state index >= 15 is 0 Å². The number of carbonyl (C=O) groups is 1. The molecule has 1 N–H and O–H groups in total. The Morgan fingerprint density at radius 3 is 2.42 bits per heavy atom. The number of rotatable bonds is 6. The molecule has 3 rings (SSSR count). The molecule has 1 unspecified atom stereocenters. The van der Waals surface area contributed by atoms with Gasteiger partial charge in [-0.05, 0) is 18.1 Å². The van der Waals surface area contributed by atoms with Gasteiger partial charge in [0.2, 0.25) is 15.9 Å². The molecule has 1 aliphatic heterocycles. The Morgan fingerprint density at radius 2 is 1.77 bits per heavy atom. The predicted molar refractivity (Wildman–Crippen MR) is 105 cm³/mol. The van der Waals surface area contributed by atoms with E-state index in [0.717, 1.165) is 11.1 Å². The van der Waals surface area contributed by atoms with Crippen molar-refractivity contribution in [1.29, 1.82) is 0 Å². The Hall–Kier alpha value is -1.83. The van der Waals surface area contributed by atoms with E-state index in [9.17, 15) is 13.2 Å². The first kappa shape index (κ1) is 18.9. The largest absolute Gasteiger partial charge is 0.348 e. The van der Waals surface area contributed by atoms with Gasteiger partial charge in [-0.15, -0.1) is 11.8 Å². The maximum absolute atomic E-state index is 12.8. The number of nitrogens with zero attached hydrogens (tertiary/aromatic N) is 1. The summed E-state index contributed by atoms with van der Waals surface area (Å²) in [5, 5.41) is 2.95. The highest BCUT2D eigenvalue weighted by atomic mass is 32.2. The second-order valence-corrected chi connectivity index (χ2v) is 9.21. The van der Waals surface area contributed by atoms with Gasteiger partial charge >= 0.3 is 0 Å². The monoisotopic (exact) mass is 390 g/mol. The van der Waals surface area contributed by atoms with Crippen LogP contribution in [0.15, 0.2) is 60.7 Å². The summed E-state index contributed by atoms with van der Waals surface area (Å²) in [7, 11) is -3.56. The Labute approximate surface area is 158 Å². The molecule has 2 aromatic carbocycles. The van der Waals surface area contributed by atoms with Crippen LogP contribution in [0.3, 0.4) is 0 Å². The zero-order chi connectivity index (χ0) is 18.6. The second kappa shape index (κ2) is 8.24. The van der Waals surface area contributed by atoms with E-state index < -0.39 is 16.1 Å². The fourth-order valence-electron chi connectivity index (χ4n) is 2.91. The predicted octanol–water partition coefficient (Wildman–Crippen LogP) is 2.77. The van der Waals surface area contributed by atoms with Crippen molar-refractivity contribution in [3.8, 4) is 0 Å². The van der Waals surface area contributed by atoms with Crippen molar-refractivity contribution in [2.45, 2.75) is 24.8 Å². The van der Waals surface area contributed by atoms with Crippen LogP contribution in [0.1, 0.15) is 24.1 Å². The Kier molecular flexibility index (Phi) is 6.01. The summed E-state index contributed by atoms with van der Waals surface area (Å²) >= 11 is 1.46. The van der Waals surface area contributed by atoms with Crippen molar-refractivity contribution in [1.82, 2.24) is 9.62 Å². The maximum atomic E-state index is 12.8. The molecule has 7 heteroatoms. The molecule has 0 radical (unpaired) electrons. The van der Waals surface area contributed by atoms with Gasteiger partial charge in [-0.2, -0.15) is 4.31 Å². The quantitative estimate of drug-likeness (QED) is 0.824. The van der Waals surface area contributed by atoms with Crippen molar-refractivity contribution >= 4 is 27.7 Å². The molecule has 0 saturated carbocycles. The van der Waals surface area contributed by atoms with E-state index in [1.54, 1.807) is 12.1 Å². The van der Waals surface area contributed by atoms with Gasteiger partial charge in [0.1, 0.15) is 6.04 Å². The van der Waals surface area contributed by atoms with Crippen molar-refractivity contribution in [2.24, 2.45) is 0 Å². The Morgan fingerprint density at radius 1 is 1.15 bits per heavy atom. The lowest BCUT2D eigenvalue weighted by Crippen LogP contribution is -2.48. The lowest BCUT2D eigenvalue weighted by Gasteiger charge is -2.24. The average Bonchev–Trinajstić information content (AvgIpc) is 3.14. The highest BCUT2D eigenvalue weighted by Crippen LogP contribution is 2.27. The van der Waals surface area contributed by atoms with Crippen molar-refractivity contribution in [2.75, 3.05) is 11.6 Å². The van der Waals surface area contributed by atoms with Gasteiger partial charge in [0.05, 0.1) is 17.7 Å². The van der Waals surface area contributed by atoms with Crippen LogP contribution in [0.2, 0.25) is 0 Å². The minimum atomic E-state index is -3.56. The Bertz CT molecular complexity index is 842. The molecule has 2 atom stereocenters. The van der Waals surface area contributed by atoms with Gasteiger partial charge in [0.15, 0.2) is 0 Å². The third-order valence-corrected chi connectivity index (χ3v) is 7.32. The molecule has 0 bridgehead atoms. The number of hydrogen-bond acceptors (Lipinski definition) is 4. The van der Waals surface area contributed by atoms with Crippen LogP contribution in [0.5, 0.6) is 0 Å². The van der Waals surface area contributed by atoms with Gasteiger partial charge in [0, 0.05) is 5.75 Å². The first-order valence-corrected chi connectivity index (χ1v) is 11.2. The van der Waals surface area contributed by atoms with Crippen LogP contribution in [0.4, 0.5) is 0 Å². The number of nitrogens with one attached hydrogen (secondary N) is 1. The van der Waals surface area contributed by atoms with Crippen molar-refractivity contribution in [3.63, 3.8) is 0 Å². The number of thioether (sulfide) groups is 1. The zero-order valence-corrected chi connectivity index (χ0v) is 16.2. The van der Waals surface area contributed by atoms with Crippen LogP contribution in [-0.2, 0) is 20.6 Å². The third kappa shape index (κ3) is 4.47. The van der Waals surface area contributed by atoms with E-state index in [1.165, 1.54) is 16.1 Å². The molecule has 138 valence electrons. The number of benzene rings is 2. The van der Waals surface area contributed by atoms with Crippen LogP contribution in [0.25, 0.3) is 0 Å². The SMILES string of the molecule is CC(NC(=O)[C@@H]1CSCN1S(=O)(=O)Cc1ccccc1)c1ccccc1. The van der Waals surface area contributed by atoms with Gasteiger partial charge < -0.3 is 5.32 Å². The molecule has 0 spiro atoms. The standard InChI is InChI=1S/C19H22N2O3S2/c1-15(17-10-6-3-7-11-17)20-19(22)18-12-25-14-21(18)26(23,24)13-16-8-4-2-5-9-16/h2-11,15,18H,12-14H2,1H3,(H,20,22)/t15?,18-/m0/s1. The first-order valence-electron chi connectivity index (χ1n) is 8.44. The summed E-state index contributed by atoms with van der Waals surface area (Å²) in [4.78, 5) is 12.7. The number of sulfonamides is 1. The number of carbonyl (C=O) groups excluding carboxylic acids is 1. The topological polar surface area (TPSA) is 66.5 Å². The van der Waals surface area contributed by atoms with Gasteiger partial charge in [-0.3, -0.25) is 4.79 Å². The van der Waals surface area contributed by atoms with Gasteiger partial charge in [-0.25, -0.2) is 8.42 Å². The van der Waals surface area contributed by atoms with E-state index in [-0.39, 0.29) is 17.7 Å². The molecule has 26 heavy (non-hydrogen) atoms. The van der Waals surface area contributed by atoms with Crippen LogP contribution in [0, 0.1) is 0 Å². The van der Waals surface area contributed by atoms with Gasteiger partial charge in [0.25, 0.3) is 0 Å². The lowest BCUT2D eigenvalue weighted by atomic mass is 10.1. The van der Waals surface area contributed by atoms with E-state index in [0.29, 0.717) is 11.6 Å². The molecule has 1 heterocycles. The summed E-state index contributed by atoms with van der Waals surface area (Å²) in [5.41, 5.74) is 1.71. The number of amides is 1. The fourth-order valence-corrected chi connectivity index (χ4v) is 6.23. The first-order chi connectivity index (χ1) is 12.5. The summed E-state index contributed by atoms with van der Waals surface area (Å²) < 4.78 is 26.9. The molecule has 1 saturated heterocycles. The van der Waals surface area contributed by atoms with E-state index in [2.05, 4.69) is 5.32 Å². The van der Waals surface area contributed by atoms with Crippen molar-refractivity contribution in [3.05, 3.63) is 71.8 Å².